The Kier molecular flexibility index (Phi) is 3.37. The van der Waals surface area contributed by atoms with Crippen LogP contribution in [-0.2, 0) is 4.79 Å². The standard InChI is InChI=1S/C12H11FINO2/c1-15-11(5-4-10(14)12(15)17)8-3-2-7(16)6-9(8)13/h2-3,5-6,10,16H,4H2,1H3. The number of nitrogens with zero attached hydrogens (tertiary/aromatic N) is 1. The average Bonchev–Trinajstić information content (AvgIpc) is 2.28. The van der Waals surface area contributed by atoms with Crippen LogP contribution in [0.3, 0.4) is 0 Å². The van der Waals surface area contributed by atoms with E-state index >= 15 is 0 Å². The van der Waals surface area contributed by atoms with Gasteiger partial charge in [0.15, 0.2) is 0 Å². The predicted octanol–water partition coefficient (Wildman–Crippen LogP) is 2.54. The van der Waals surface area contributed by atoms with Gasteiger partial charge in [-0.1, -0.05) is 28.7 Å². The summed E-state index contributed by atoms with van der Waals surface area (Å²) in [7, 11) is 1.63. The van der Waals surface area contributed by atoms with Gasteiger partial charge in [-0.05, 0) is 18.6 Å². The first kappa shape index (κ1) is 12.3. The molecule has 1 atom stereocenters. The molecule has 0 saturated heterocycles. The highest BCUT2D eigenvalue weighted by molar-refractivity contribution is 14.1. The van der Waals surface area contributed by atoms with E-state index in [4.69, 9.17) is 5.11 Å². The molecule has 90 valence electrons. The number of hydrogen-bond acceptors (Lipinski definition) is 2. The smallest absolute Gasteiger partial charge is 0.240 e. The molecule has 3 nitrogen and oxygen atoms in total. The fraction of sp³-hybridized carbons (Fsp3) is 0.250. The summed E-state index contributed by atoms with van der Waals surface area (Å²) in [4.78, 5) is 13.2. The lowest BCUT2D eigenvalue weighted by Crippen LogP contribution is -2.35. The minimum atomic E-state index is -0.525. The number of carbonyl (C=O) groups is 1. The van der Waals surface area contributed by atoms with Crippen molar-refractivity contribution in [3.8, 4) is 5.75 Å². The van der Waals surface area contributed by atoms with Gasteiger partial charge in [0, 0.05) is 24.4 Å². The lowest BCUT2D eigenvalue weighted by molar-refractivity contribution is -0.126. The number of phenols is 1. The molecule has 1 unspecified atom stereocenters. The Hall–Kier alpha value is -1.11. The summed E-state index contributed by atoms with van der Waals surface area (Å²) >= 11 is 2.07. The van der Waals surface area contributed by atoms with Gasteiger partial charge in [0.2, 0.25) is 5.91 Å². The molecule has 1 heterocycles. The maximum atomic E-state index is 13.7. The molecule has 0 spiro atoms. The van der Waals surface area contributed by atoms with Crippen LogP contribution in [0.1, 0.15) is 12.0 Å². The zero-order valence-corrected chi connectivity index (χ0v) is 11.3. The fourth-order valence-electron chi connectivity index (χ4n) is 1.78. The van der Waals surface area contributed by atoms with Gasteiger partial charge in [0.1, 0.15) is 11.6 Å². The largest absolute Gasteiger partial charge is 0.508 e. The van der Waals surface area contributed by atoms with Crippen molar-refractivity contribution in [3.63, 3.8) is 0 Å². The first-order valence-electron chi connectivity index (χ1n) is 5.11. The quantitative estimate of drug-likeness (QED) is 0.627. The van der Waals surface area contributed by atoms with Crippen molar-refractivity contribution in [2.75, 3.05) is 7.05 Å². The molecule has 1 aromatic carbocycles. The van der Waals surface area contributed by atoms with E-state index in [9.17, 15) is 9.18 Å². The van der Waals surface area contributed by atoms with E-state index in [-0.39, 0.29) is 15.6 Å². The maximum Gasteiger partial charge on any atom is 0.240 e. The zero-order valence-electron chi connectivity index (χ0n) is 9.15. The number of rotatable bonds is 1. The first-order chi connectivity index (χ1) is 8.00. The minimum Gasteiger partial charge on any atom is -0.508 e. The van der Waals surface area contributed by atoms with Crippen molar-refractivity contribution in [2.45, 2.75) is 10.3 Å². The third kappa shape index (κ3) is 2.29. The van der Waals surface area contributed by atoms with Gasteiger partial charge in [-0.2, -0.15) is 0 Å². The molecule has 1 N–H and O–H groups in total. The molecule has 1 amide bonds. The topological polar surface area (TPSA) is 40.5 Å². The molecule has 5 heteroatoms. The number of halogens is 2. The van der Waals surface area contributed by atoms with Crippen LogP contribution < -0.4 is 0 Å². The molecule has 1 aliphatic heterocycles. The molecule has 0 fully saturated rings. The van der Waals surface area contributed by atoms with E-state index in [1.54, 1.807) is 7.05 Å². The number of hydrogen-bond donors (Lipinski definition) is 1. The van der Waals surface area contributed by atoms with E-state index in [2.05, 4.69) is 22.6 Å². The van der Waals surface area contributed by atoms with Crippen LogP contribution in [0.4, 0.5) is 4.39 Å². The van der Waals surface area contributed by atoms with Crippen molar-refractivity contribution in [2.24, 2.45) is 0 Å². The van der Waals surface area contributed by atoms with Gasteiger partial charge in [0.05, 0.1) is 3.92 Å². The molecular formula is C12H11FINO2. The van der Waals surface area contributed by atoms with E-state index in [1.165, 1.54) is 17.0 Å². The molecule has 0 saturated carbocycles. The molecule has 0 bridgehead atoms. The maximum absolute atomic E-state index is 13.7. The minimum absolute atomic E-state index is 0.0319. The van der Waals surface area contributed by atoms with Crippen LogP contribution in [0.15, 0.2) is 24.3 Å². The van der Waals surface area contributed by atoms with E-state index < -0.39 is 5.82 Å². The van der Waals surface area contributed by atoms with Crippen LogP contribution in [0.2, 0.25) is 0 Å². The third-order valence-electron chi connectivity index (χ3n) is 2.71. The Morgan fingerprint density at radius 1 is 1.53 bits per heavy atom. The Morgan fingerprint density at radius 3 is 2.88 bits per heavy atom. The zero-order chi connectivity index (χ0) is 12.6. The van der Waals surface area contributed by atoms with Crippen LogP contribution >= 0.6 is 22.6 Å². The summed E-state index contributed by atoms with van der Waals surface area (Å²) < 4.78 is 13.6. The van der Waals surface area contributed by atoms with Crippen molar-refractivity contribution >= 4 is 34.2 Å². The van der Waals surface area contributed by atoms with Crippen LogP contribution in [0.25, 0.3) is 5.70 Å². The number of aromatic hydroxyl groups is 1. The lowest BCUT2D eigenvalue weighted by Gasteiger charge is -2.28. The summed E-state index contributed by atoms with van der Waals surface area (Å²) in [5, 5.41) is 9.15. The third-order valence-corrected chi connectivity index (χ3v) is 3.75. The highest BCUT2D eigenvalue weighted by Crippen LogP contribution is 2.30. The van der Waals surface area contributed by atoms with Crippen LogP contribution in [0.5, 0.6) is 5.75 Å². The van der Waals surface area contributed by atoms with E-state index in [1.807, 2.05) is 6.08 Å². The predicted molar refractivity (Wildman–Crippen MR) is 71.2 cm³/mol. The van der Waals surface area contributed by atoms with Crippen LogP contribution in [0, 0.1) is 5.82 Å². The average molecular weight is 347 g/mol. The number of amides is 1. The summed E-state index contributed by atoms with van der Waals surface area (Å²) in [6.45, 7) is 0. The molecule has 1 aromatic rings. The fourth-order valence-corrected chi connectivity index (χ4v) is 2.46. The number of allylic oxidation sites excluding steroid dienone is 1. The van der Waals surface area contributed by atoms with Crippen molar-refractivity contribution in [3.05, 3.63) is 35.7 Å². The van der Waals surface area contributed by atoms with Crippen molar-refractivity contribution in [1.82, 2.24) is 4.90 Å². The van der Waals surface area contributed by atoms with Gasteiger partial charge in [-0.15, -0.1) is 0 Å². The normalized spacial score (nSPS) is 20.4. The van der Waals surface area contributed by atoms with Gasteiger partial charge >= 0.3 is 0 Å². The Bertz CT molecular complexity index is 501. The summed E-state index contributed by atoms with van der Waals surface area (Å²) in [6.07, 6.45) is 2.44. The molecule has 2 rings (SSSR count). The highest BCUT2D eigenvalue weighted by atomic mass is 127. The summed E-state index contributed by atoms with van der Waals surface area (Å²) in [6, 6.07) is 3.94. The second kappa shape index (κ2) is 4.64. The van der Waals surface area contributed by atoms with Crippen LogP contribution in [-0.4, -0.2) is 26.9 Å². The summed E-state index contributed by atoms with van der Waals surface area (Å²) in [5.74, 6) is -0.679. The second-order valence-corrected chi connectivity index (χ2v) is 5.36. The SMILES string of the molecule is CN1C(=O)C(I)CC=C1c1ccc(O)cc1F. The summed E-state index contributed by atoms with van der Waals surface area (Å²) in [5.41, 5.74) is 0.891. The van der Waals surface area contributed by atoms with E-state index in [0.29, 0.717) is 17.7 Å². The van der Waals surface area contributed by atoms with Gasteiger partial charge in [0.25, 0.3) is 0 Å². The van der Waals surface area contributed by atoms with Gasteiger partial charge in [-0.3, -0.25) is 4.79 Å². The molecule has 17 heavy (non-hydrogen) atoms. The Labute approximate surface area is 112 Å². The van der Waals surface area contributed by atoms with Gasteiger partial charge < -0.3 is 10.0 Å². The number of alkyl halides is 1. The Morgan fingerprint density at radius 2 is 2.24 bits per heavy atom. The second-order valence-electron chi connectivity index (χ2n) is 3.85. The lowest BCUT2D eigenvalue weighted by atomic mass is 10.0. The number of carbonyl (C=O) groups excluding carboxylic acids is 1. The monoisotopic (exact) mass is 347 g/mol. The first-order valence-corrected chi connectivity index (χ1v) is 6.36. The van der Waals surface area contributed by atoms with Crippen molar-refractivity contribution < 1.29 is 14.3 Å². The number of phenolic OH excluding ortho intramolecular Hbond substituents is 1. The van der Waals surface area contributed by atoms with E-state index in [0.717, 1.165) is 6.07 Å². The molecule has 0 aliphatic carbocycles. The molecule has 0 aromatic heterocycles. The highest BCUT2D eigenvalue weighted by Gasteiger charge is 2.27. The molecule has 0 radical (unpaired) electrons. The molecular weight excluding hydrogens is 336 g/mol. The molecule has 1 aliphatic rings. The van der Waals surface area contributed by atoms with Crippen molar-refractivity contribution in [1.29, 1.82) is 0 Å². The Balaban J connectivity index is 2.43. The number of benzene rings is 1. The van der Waals surface area contributed by atoms with Gasteiger partial charge in [-0.25, -0.2) is 4.39 Å².